The number of hydrogen-bond acceptors (Lipinski definition) is 3. The second-order valence-corrected chi connectivity index (χ2v) is 4.05. The minimum absolute atomic E-state index is 0.335. The lowest BCUT2D eigenvalue weighted by Gasteiger charge is -2.31. The maximum atomic E-state index is 9.43. The van der Waals surface area contributed by atoms with Crippen LogP contribution in [0.5, 0.6) is 0 Å². The van der Waals surface area contributed by atoms with Crippen LogP contribution in [-0.4, -0.2) is 29.7 Å². The van der Waals surface area contributed by atoms with Gasteiger partial charge in [-0.2, -0.15) is 0 Å². The topological polar surface area (TPSA) is 38.7 Å². The van der Waals surface area contributed by atoms with E-state index in [1.807, 2.05) is 0 Å². The van der Waals surface area contributed by atoms with Crippen LogP contribution in [-0.2, 0) is 9.47 Å². The van der Waals surface area contributed by atoms with Gasteiger partial charge in [-0.05, 0) is 12.8 Å². The van der Waals surface area contributed by atoms with Crippen molar-refractivity contribution in [2.75, 3.05) is 6.61 Å². The van der Waals surface area contributed by atoms with Gasteiger partial charge in [0.1, 0.15) is 12.2 Å². The summed E-state index contributed by atoms with van der Waals surface area (Å²) in [5.74, 6) is 1.85. The number of aliphatic hydroxyl groups is 1. The van der Waals surface area contributed by atoms with Crippen LogP contribution in [0.15, 0.2) is 0 Å². The van der Waals surface area contributed by atoms with Gasteiger partial charge in [0.15, 0.2) is 5.79 Å². The molecule has 1 heterocycles. The van der Waals surface area contributed by atoms with Crippen LogP contribution in [0.3, 0.4) is 0 Å². The Labute approximate surface area is 84.4 Å². The molecule has 1 aliphatic carbocycles. The van der Waals surface area contributed by atoms with Gasteiger partial charge < -0.3 is 14.6 Å². The van der Waals surface area contributed by atoms with Crippen LogP contribution >= 0.6 is 0 Å². The number of aliphatic hydroxyl groups excluding tert-OH is 1. The van der Waals surface area contributed by atoms with E-state index < -0.39 is 11.9 Å². The Morgan fingerprint density at radius 2 is 2.07 bits per heavy atom. The first-order chi connectivity index (χ1) is 6.76. The molecule has 0 aromatic heterocycles. The van der Waals surface area contributed by atoms with Crippen LogP contribution in [0.1, 0.15) is 32.1 Å². The van der Waals surface area contributed by atoms with E-state index in [2.05, 4.69) is 5.92 Å². The maximum absolute atomic E-state index is 9.43. The minimum Gasteiger partial charge on any atom is -0.378 e. The number of hydrogen-bond donors (Lipinski definition) is 1. The Bertz CT molecular complexity index is 237. The zero-order valence-electron chi connectivity index (χ0n) is 8.24. The number of ether oxygens (including phenoxy) is 2. The Kier molecular flexibility index (Phi) is 2.78. The average Bonchev–Trinajstić information content (AvgIpc) is 2.62. The summed E-state index contributed by atoms with van der Waals surface area (Å²) in [5, 5.41) is 9.43. The molecule has 0 radical (unpaired) electrons. The summed E-state index contributed by atoms with van der Waals surface area (Å²) in [7, 11) is 0. The molecule has 0 unspecified atom stereocenters. The Morgan fingerprint density at radius 3 is 2.71 bits per heavy atom. The normalized spacial score (nSPS) is 32.7. The van der Waals surface area contributed by atoms with Gasteiger partial charge in [0, 0.05) is 12.8 Å². The molecular formula is C11H16O3. The predicted octanol–water partition coefficient (Wildman–Crippen LogP) is 1.06. The molecule has 78 valence electrons. The fourth-order valence-electron chi connectivity index (χ4n) is 2.19. The maximum Gasteiger partial charge on any atom is 0.169 e. The molecule has 2 atom stereocenters. The third-order valence-corrected chi connectivity index (χ3v) is 3.02. The van der Waals surface area contributed by atoms with Gasteiger partial charge in [-0.25, -0.2) is 0 Å². The van der Waals surface area contributed by atoms with Crippen LogP contribution in [0, 0.1) is 12.3 Å². The highest BCUT2D eigenvalue weighted by atomic mass is 16.7. The molecule has 1 N–H and O–H groups in total. The zero-order chi connectivity index (χ0) is 10.0. The van der Waals surface area contributed by atoms with Crippen molar-refractivity contribution in [3.8, 4) is 12.3 Å². The lowest BCUT2D eigenvalue weighted by Crippen LogP contribution is -2.35. The lowest BCUT2D eigenvalue weighted by atomic mass is 9.94. The molecule has 1 aliphatic heterocycles. The van der Waals surface area contributed by atoms with E-state index in [9.17, 15) is 5.11 Å². The molecule has 2 aliphatic rings. The second-order valence-electron chi connectivity index (χ2n) is 4.05. The van der Waals surface area contributed by atoms with Crippen molar-refractivity contribution in [3.63, 3.8) is 0 Å². The van der Waals surface area contributed by atoms with Crippen LogP contribution in [0.4, 0.5) is 0 Å². The molecule has 2 rings (SSSR count). The van der Waals surface area contributed by atoms with E-state index >= 15 is 0 Å². The summed E-state index contributed by atoms with van der Waals surface area (Å²) in [6.45, 7) is 0.422. The van der Waals surface area contributed by atoms with Crippen molar-refractivity contribution in [1.29, 1.82) is 0 Å². The summed E-state index contributed by atoms with van der Waals surface area (Å²) in [6.07, 6.45) is 9.35. The van der Waals surface area contributed by atoms with E-state index in [1.165, 1.54) is 6.42 Å². The van der Waals surface area contributed by atoms with Crippen molar-refractivity contribution >= 4 is 0 Å². The fraction of sp³-hybridized carbons (Fsp3) is 0.818. The minimum atomic E-state index is -0.837. The number of rotatable bonds is 1. The second kappa shape index (κ2) is 3.90. The van der Waals surface area contributed by atoms with Crippen LogP contribution in [0.25, 0.3) is 0 Å². The standard InChI is InChI=1S/C11H16O3/c1-2-9(12)10-8-13-11(14-10)6-4-3-5-7-11/h1,9-10,12H,3-8H2/t9-,10-/m1/s1. The molecule has 0 aromatic carbocycles. The summed E-state index contributed by atoms with van der Waals surface area (Å²) in [4.78, 5) is 0. The Balaban J connectivity index is 1.96. The SMILES string of the molecule is C#C[C@@H](O)[C@H]1COC2(CCCCC2)O1. The van der Waals surface area contributed by atoms with Crippen molar-refractivity contribution in [2.24, 2.45) is 0 Å². The Morgan fingerprint density at radius 1 is 1.36 bits per heavy atom. The molecule has 0 amide bonds. The third-order valence-electron chi connectivity index (χ3n) is 3.02. The van der Waals surface area contributed by atoms with Gasteiger partial charge >= 0.3 is 0 Å². The summed E-state index contributed by atoms with van der Waals surface area (Å²) in [6, 6.07) is 0. The van der Waals surface area contributed by atoms with Crippen LogP contribution in [0.2, 0.25) is 0 Å². The molecule has 14 heavy (non-hydrogen) atoms. The van der Waals surface area contributed by atoms with E-state index in [0.717, 1.165) is 25.7 Å². The summed E-state index contributed by atoms with van der Waals surface area (Å²) in [5.41, 5.74) is 0. The molecule has 3 heteroatoms. The van der Waals surface area contributed by atoms with Gasteiger partial charge in [0.25, 0.3) is 0 Å². The van der Waals surface area contributed by atoms with Gasteiger partial charge in [0.2, 0.25) is 0 Å². The molecular weight excluding hydrogens is 180 g/mol. The van der Waals surface area contributed by atoms with Crippen molar-refractivity contribution in [2.45, 2.75) is 50.1 Å². The number of terminal acetylenes is 1. The van der Waals surface area contributed by atoms with Gasteiger partial charge in [-0.15, -0.1) is 6.42 Å². The fourth-order valence-corrected chi connectivity index (χ4v) is 2.19. The molecule has 0 aromatic rings. The first kappa shape index (κ1) is 9.97. The highest BCUT2D eigenvalue weighted by Crippen LogP contribution is 2.38. The van der Waals surface area contributed by atoms with Gasteiger partial charge in [0.05, 0.1) is 6.61 Å². The summed E-state index contributed by atoms with van der Waals surface area (Å²) >= 11 is 0. The molecule has 1 saturated heterocycles. The van der Waals surface area contributed by atoms with Crippen LogP contribution < -0.4 is 0 Å². The third kappa shape index (κ3) is 1.78. The first-order valence-electron chi connectivity index (χ1n) is 5.22. The van der Waals surface area contributed by atoms with E-state index in [-0.39, 0.29) is 6.10 Å². The van der Waals surface area contributed by atoms with E-state index in [4.69, 9.17) is 15.9 Å². The molecule has 1 saturated carbocycles. The largest absolute Gasteiger partial charge is 0.378 e. The highest BCUT2D eigenvalue weighted by molar-refractivity contribution is 5.00. The molecule has 2 fully saturated rings. The lowest BCUT2D eigenvalue weighted by molar-refractivity contribution is -0.192. The molecule has 3 nitrogen and oxygen atoms in total. The monoisotopic (exact) mass is 196 g/mol. The van der Waals surface area contributed by atoms with E-state index in [1.54, 1.807) is 0 Å². The quantitative estimate of drug-likeness (QED) is 0.637. The first-order valence-corrected chi connectivity index (χ1v) is 5.22. The Hall–Kier alpha value is -0.560. The van der Waals surface area contributed by atoms with Crippen molar-refractivity contribution in [1.82, 2.24) is 0 Å². The van der Waals surface area contributed by atoms with E-state index in [0.29, 0.717) is 6.61 Å². The molecule has 1 spiro atoms. The molecule has 0 bridgehead atoms. The van der Waals surface area contributed by atoms with Crippen molar-refractivity contribution in [3.05, 3.63) is 0 Å². The summed E-state index contributed by atoms with van der Waals surface area (Å²) < 4.78 is 11.4. The predicted molar refractivity (Wildman–Crippen MR) is 51.5 cm³/mol. The zero-order valence-corrected chi connectivity index (χ0v) is 8.24. The van der Waals surface area contributed by atoms with Gasteiger partial charge in [-0.3, -0.25) is 0 Å². The smallest absolute Gasteiger partial charge is 0.169 e. The van der Waals surface area contributed by atoms with Gasteiger partial charge in [-0.1, -0.05) is 12.3 Å². The highest BCUT2D eigenvalue weighted by Gasteiger charge is 2.44. The average molecular weight is 196 g/mol. The van der Waals surface area contributed by atoms with Crippen molar-refractivity contribution < 1.29 is 14.6 Å².